The van der Waals surface area contributed by atoms with Crippen molar-refractivity contribution in [3.63, 3.8) is 0 Å². The van der Waals surface area contributed by atoms with Crippen LogP contribution in [0, 0.1) is 5.92 Å². The second-order valence-electron chi connectivity index (χ2n) is 7.11. The number of carbonyl (C=O) groups is 1. The third kappa shape index (κ3) is 3.19. The summed E-state index contributed by atoms with van der Waals surface area (Å²) in [5.74, 6) is 1.45. The number of nitrogens with zero attached hydrogens (tertiary/aromatic N) is 3. The summed E-state index contributed by atoms with van der Waals surface area (Å²) in [5.41, 5.74) is 0.840. The number of aromatic nitrogens is 2. The van der Waals surface area contributed by atoms with E-state index >= 15 is 0 Å². The van der Waals surface area contributed by atoms with E-state index in [0.717, 1.165) is 37.0 Å². The van der Waals surface area contributed by atoms with Crippen molar-refractivity contribution in [2.75, 3.05) is 7.11 Å². The minimum absolute atomic E-state index is 0.307. The molecule has 2 aromatic rings. The first-order valence-corrected chi connectivity index (χ1v) is 9.11. The molecule has 0 radical (unpaired) electrons. The lowest BCUT2D eigenvalue weighted by Gasteiger charge is -2.31. The molecule has 7 nitrogen and oxygen atoms in total. The van der Waals surface area contributed by atoms with Gasteiger partial charge in [0.2, 0.25) is 11.7 Å². The highest BCUT2D eigenvalue weighted by Crippen LogP contribution is 2.40. The second-order valence-corrected chi connectivity index (χ2v) is 7.11. The van der Waals surface area contributed by atoms with Gasteiger partial charge in [-0.25, -0.2) is 0 Å². The van der Waals surface area contributed by atoms with Crippen LogP contribution in [0.1, 0.15) is 38.0 Å². The fourth-order valence-corrected chi connectivity index (χ4v) is 4.36. The second kappa shape index (κ2) is 7.07. The number of methoxy groups -OCH3 is 1. The molecule has 2 aliphatic rings. The van der Waals surface area contributed by atoms with Crippen LogP contribution in [-0.2, 0) is 11.3 Å². The van der Waals surface area contributed by atoms with Gasteiger partial charge in [-0.2, -0.15) is 4.98 Å². The fourth-order valence-electron chi connectivity index (χ4n) is 4.36. The average molecular weight is 357 g/mol. The van der Waals surface area contributed by atoms with E-state index < -0.39 is 12.0 Å². The molecule has 138 valence electrons. The highest BCUT2D eigenvalue weighted by Gasteiger charge is 2.45. The van der Waals surface area contributed by atoms with Crippen LogP contribution < -0.4 is 4.74 Å². The summed E-state index contributed by atoms with van der Waals surface area (Å²) in [7, 11) is 1.62. The average Bonchev–Trinajstić information content (AvgIpc) is 3.27. The number of ether oxygens (including phenoxy) is 1. The van der Waals surface area contributed by atoms with Gasteiger partial charge in [-0.05, 0) is 49.4 Å². The molecule has 26 heavy (non-hydrogen) atoms. The van der Waals surface area contributed by atoms with E-state index in [1.807, 2.05) is 24.3 Å². The smallest absolute Gasteiger partial charge is 0.320 e. The van der Waals surface area contributed by atoms with Gasteiger partial charge in [0, 0.05) is 11.6 Å². The number of carboxylic acid groups (broad SMARTS) is 1. The van der Waals surface area contributed by atoms with Gasteiger partial charge < -0.3 is 14.4 Å². The summed E-state index contributed by atoms with van der Waals surface area (Å²) in [5, 5.41) is 13.7. The Bertz CT molecular complexity index is 773. The molecule has 1 aliphatic carbocycles. The van der Waals surface area contributed by atoms with Crippen LogP contribution in [0.3, 0.4) is 0 Å². The van der Waals surface area contributed by atoms with Gasteiger partial charge in [-0.1, -0.05) is 18.0 Å². The van der Waals surface area contributed by atoms with Crippen molar-refractivity contribution in [3.8, 4) is 17.1 Å². The highest BCUT2D eigenvalue weighted by atomic mass is 16.5. The van der Waals surface area contributed by atoms with Gasteiger partial charge in [-0.15, -0.1) is 0 Å². The molecule has 4 rings (SSSR count). The van der Waals surface area contributed by atoms with Gasteiger partial charge in [-0.3, -0.25) is 9.69 Å². The van der Waals surface area contributed by atoms with E-state index in [2.05, 4.69) is 15.0 Å². The number of likely N-dealkylation sites (tertiary alicyclic amines) is 1. The number of rotatable bonds is 5. The largest absolute Gasteiger partial charge is 0.497 e. The van der Waals surface area contributed by atoms with Crippen LogP contribution in [0.5, 0.6) is 5.75 Å². The number of hydrogen-bond acceptors (Lipinski definition) is 6. The molecule has 1 aromatic carbocycles. The van der Waals surface area contributed by atoms with E-state index in [0.29, 0.717) is 30.2 Å². The van der Waals surface area contributed by atoms with E-state index in [4.69, 9.17) is 9.26 Å². The van der Waals surface area contributed by atoms with Crippen molar-refractivity contribution in [2.24, 2.45) is 5.92 Å². The molecule has 1 saturated heterocycles. The Kier molecular flexibility index (Phi) is 4.63. The zero-order valence-corrected chi connectivity index (χ0v) is 14.8. The molecular weight excluding hydrogens is 334 g/mol. The van der Waals surface area contributed by atoms with Crippen molar-refractivity contribution in [3.05, 3.63) is 30.2 Å². The van der Waals surface area contributed by atoms with Crippen molar-refractivity contribution in [1.29, 1.82) is 0 Å². The molecule has 0 amide bonds. The minimum atomic E-state index is -0.755. The summed E-state index contributed by atoms with van der Waals surface area (Å²) < 4.78 is 10.6. The van der Waals surface area contributed by atoms with Crippen LogP contribution in [0.15, 0.2) is 28.8 Å². The first-order valence-electron chi connectivity index (χ1n) is 9.11. The third-order valence-corrected chi connectivity index (χ3v) is 5.64. The van der Waals surface area contributed by atoms with Crippen molar-refractivity contribution < 1.29 is 19.2 Å². The zero-order valence-electron chi connectivity index (χ0n) is 14.8. The molecule has 2 heterocycles. The maximum atomic E-state index is 11.7. The highest BCUT2D eigenvalue weighted by molar-refractivity contribution is 5.74. The Balaban J connectivity index is 1.52. The molecule has 1 aromatic heterocycles. The predicted octanol–water partition coefficient (Wildman–Crippen LogP) is 2.96. The summed E-state index contributed by atoms with van der Waals surface area (Å²) in [6.07, 6.45) is 5.24. The predicted molar refractivity (Wildman–Crippen MR) is 93.6 cm³/mol. The Morgan fingerprint density at radius 1 is 1.31 bits per heavy atom. The minimum Gasteiger partial charge on any atom is -0.497 e. The molecule has 1 saturated carbocycles. The van der Waals surface area contributed by atoms with Crippen LogP contribution in [0.2, 0.25) is 0 Å². The van der Waals surface area contributed by atoms with Crippen molar-refractivity contribution in [1.82, 2.24) is 15.0 Å². The lowest BCUT2D eigenvalue weighted by atomic mass is 9.85. The van der Waals surface area contributed by atoms with E-state index in [9.17, 15) is 9.90 Å². The van der Waals surface area contributed by atoms with Crippen LogP contribution >= 0.6 is 0 Å². The Hall–Kier alpha value is -2.41. The molecule has 1 N–H and O–H groups in total. The van der Waals surface area contributed by atoms with E-state index in [1.165, 1.54) is 6.42 Å². The monoisotopic (exact) mass is 357 g/mol. The molecule has 0 unspecified atom stereocenters. The summed E-state index contributed by atoms with van der Waals surface area (Å²) >= 11 is 0. The third-order valence-electron chi connectivity index (χ3n) is 5.64. The molecule has 0 spiro atoms. The molecular formula is C19H23N3O4. The first-order chi connectivity index (χ1) is 12.7. The van der Waals surface area contributed by atoms with Gasteiger partial charge in [0.25, 0.3) is 0 Å². The molecule has 7 heteroatoms. The summed E-state index contributed by atoms with van der Waals surface area (Å²) in [6, 6.07) is 7.29. The lowest BCUT2D eigenvalue weighted by Crippen LogP contribution is -2.41. The Morgan fingerprint density at radius 3 is 2.81 bits per heavy atom. The standard InChI is InChI=1S/C19H23N3O4/c1-25-14-8-6-12(7-9-14)18-20-17(26-21-18)11-22-15-5-3-2-4-13(15)10-16(22)19(23)24/h6-9,13,15-16H,2-5,10-11H2,1H3,(H,23,24)/t13-,15-,16+/m1/s1. The summed E-state index contributed by atoms with van der Waals surface area (Å²) in [4.78, 5) is 18.2. The Labute approximate surface area is 152 Å². The van der Waals surface area contributed by atoms with Crippen molar-refractivity contribution in [2.45, 2.75) is 50.7 Å². The lowest BCUT2D eigenvalue weighted by molar-refractivity contribution is -0.143. The number of aliphatic carboxylic acids is 1. The Morgan fingerprint density at radius 2 is 2.08 bits per heavy atom. The van der Waals surface area contributed by atoms with E-state index in [-0.39, 0.29) is 0 Å². The van der Waals surface area contributed by atoms with Crippen LogP contribution in [-0.4, -0.2) is 45.3 Å². The SMILES string of the molecule is COc1ccc(-c2noc(CN3[C@@H]4CCCC[C@@H]4C[C@H]3C(=O)O)n2)cc1. The van der Waals surface area contributed by atoms with Crippen LogP contribution in [0.4, 0.5) is 0 Å². The van der Waals surface area contributed by atoms with Gasteiger partial charge in [0.1, 0.15) is 11.8 Å². The maximum Gasteiger partial charge on any atom is 0.320 e. The zero-order chi connectivity index (χ0) is 18.1. The molecule has 1 aliphatic heterocycles. The van der Waals surface area contributed by atoms with E-state index in [1.54, 1.807) is 7.11 Å². The first kappa shape index (κ1) is 17.0. The molecule has 3 atom stereocenters. The topological polar surface area (TPSA) is 88.7 Å². The number of carboxylic acids is 1. The van der Waals surface area contributed by atoms with Gasteiger partial charge >= 0.3 is 5.97 Å². The van der Waals surface area contributed by atoms with Gasteiger partial charge in [0.15, 0.2) is 0 Å². The van der Waals surface area contributed by atoms with Gasteiger partial charge in [0.05, 0.1) is 13.7 Å². The normalized spacial score (nSPS) is 25.8. The number of hydrogen-bond donors (Lipinski definition) is 1. The number of benzene rings is 1. The van der Waals surface area contributed by atoms with Crippen LogP contribution in [0.25, 0.3) is 11.4 Å². The fraction of sp³-hybridized carbons (Fsp3) is 0.526. The maximum absolute atomic E-state index is 11.7. The summed E-state index contributed by atoms with van der Waals surface area (Å²) in [6.45, 7) is 0.390. The molecule has 2 fully saturated rings. The molecule has 0 bridgehead atoms. The van der Waals surface area contributed by atoms with Crippen molar-refractivity contribution >= 4 is 5.97 Å². The number of fused-ring (bicyclic) bond motifs is 1. The quantitative estimate of drug-likeness (QED) is 0.880.